The number of carbonyl (C=O) groups is 1. The Morgan fingerprint density at radius 2 is 2.43 bits per heavy atom. The molecule has 0 aliphatic carbocycles. The summed E-state index contributed by atoms with van der Waals surface area (Å²) in [5.41, 5.74) is 0. The van der Waals surface area contributed by atoms with Crippen LogP contribution < -0.4 is 0 Å². The molecule has 1 heterocycles. The van der Waals surface area contributed by atoms with Crippen molar-refractivity contribution in [1.29, 1.82) is 0 Å². The van der Waals surface area contributed by atoms with Gasteiger partial charge in [0, 0.05) is 0 Å². The molecule has 0 amide bonds. The van der Waals surface area contributed by atoms with Gasteiger partial charge >= 0.3 is 5.97 Å². The van der Waals surface area contributed by atoms with E-state index in [0.717, 1.165) is 0 Å². The van der Waals surface area contributed by atoms with Crippen molar-refractivity contribution >= 4 is 5.97 Å². The van der Waals surface area contributed by atoms with E-state index < -0.39 is 12.1 Å². The first-order valence-electron chi connectivity index (χ1n) is 2.10. The average molecular weight is 102 g/mol. The molecule has 0 saturated carbocycles. The topological polar surface area (TPSA) is 46.5 Å². The van der Waals surface area contributed by atoms with Gasteiger partial charge in [-0.05, 0) is 6.92 Å². The Morgan fingerprint density at radius 1 is 1.86 bits per heavy atom. The van der Waals surface area contributed by atoms with Gasteiger partial charge in [0.2, 0.25) is 0 Å². The number of aliphatic hydroxyl groups is 1. The van der Waals surface area contributed by atoms with E-state index in [0.29, 0.717) is 0 Å². The summed E-state index contributed by atoms with van der Waals surface area (Å²) >= 11 is 0. The summed E-state index contributed by atoms with van der Waals surface area (Å²) in [6.45, 7) is 1.64. The zero-order valence-corrected chi connectivity index (χ0v) is 3.92. The molecule has 2 atom stereocenters. The van der Waals surface area contributed by atoms with Gasteiger partial charge in [-0.25, -0.2) is 4.79 Å². The van der Waals surface area contributed by atoms with Crippen LogP contribution in [0.1, 0.15) is 6.92 Å². The van der Waals surface area contributed by atoms with Crippen LogP contribution in [-0.4, -0.2) is 23.3 Å². The Hall–Kier alpha value is -0.570. The minimum atomic E-state index is -0.861. The zero-order valence-electron chi connectivity index (χ0n) is 3.92. The number of hydrogen-bond donors (Lipinski definition) is 1. The molecule has 1 saturated heterocycles. The number of aliphatic hydroxyl groups excluding tert-OH is 1. The largest absolute Gasteiger partial charge is 0.457 e. The molecule has 0 radical (unpaired) electrons. The highest BCUT2D eigenvalue weighted by molar-refractivity contribution is 5.80. The molecule has 0 aromatic carbocycles. The third-order valence-corrected chi connectivity index (χ3v) is 0.988. The van der Waals surface area contributed by atoms with Crippen LogP contribution in [0, 0.1) is 0 Å². The van der Waals surface area contributed by atoms with E-state index in [1.165, 1.54) is 0 Å². The van der Waals surface area contributed by atoms with Crippen molar-refractivity contribution in [2.75, 3.05) is 0 Å². The van der Waals surface area contributed by atoms with Crippen molar-refractivity contribution in [3.05, 3.63) is 0 Å². The van der Waals surface area contributed by atoms with Crippen LogP contribution in [0.15, 0.2) is 0 Å². The van der Waals surface area contributed by atoms with Crippen molar-refractivity contribution in [3.63, 3.8) is 0 Å². The number of rotatable bonds is 0. The zero-order chi connectivity index (χ0) is 5.44. The Kier molecular flexibility index (Phi) is 0.785. The van der Waals surface area contributed by atoms with E-state index >= 15 is 0 Å². The smallest absolute Gasteiger partial charge is 0.339 e. The van der Waals surface area contributed by atoms with Crippen LogP contribution in [0.25, 0.3) is 0 Å². The summed E-state index contributed by atoms with van der Waals surface area (Å²) in [4.78, 5) is 9.97. The Balaban J connectivity index is 2.43. The summed E-state index contributed by atoms with van der Waals surface area (Å²) in [6.07, 6.45) is -1.15. The van der Waals surface area contributed by atoms with Gasteiger partial charge in [-0.3, -0.25) is 0 Å². The summed E-state index contributed by atoms with van der Waals surface area (Å²) in [5, 5.41) is 8.51. The molecule has 0 aromatic heterocycles. The Morgan fingerprint density at radius 3 is 2.43 bits per heavy atom. The second kappa shape index (κ2) is 1.20. The lowest BCUT2D eigenvalue weighted by molar-refractivity contribution is -0.194. The minimum absolute atomic E-state index is 0.285. The monoisotopic (exact) mass is 102 g/mol. The maximum Gasteiger partial charge on any atom is 0.339 e. The summed E-state index contributed by atoms with van der Waals surface area (Å²) < 4.78 is 4.36. The van der Waals surface area contributed by atoms with Gasteiger partial charge in [-0.1, -0.05) is 0 Å². The lowest BCUT2D eigenvalue weighted by Gasteiger charge is -2.27. The fourth-order valence-corrected chi connectivity index (χ4v) is 0.437. The lowest BCUT2D eigenvalue weighted by Crippen LogP contribution is -2.47. The molecule has 0 spiro atoms. The third-order valence-electron chi connectivity index (χ3n) is 0.988. The summed E-state index contributed by atoms with van der Waals surface area (Å²) in [7, 11) is 0. The molecule has 2 unspecified atom stereocenters. The molecule has 1 N–H and O–H groups in total. The Labute approximate surface area is 40.9 Å². The summed E-state index contributed by atoms with van der Waals surface area (Å²) in [6, 6.07) is 0. The van der Waals surface area contributed by atoms with Crippen LogP contribution in [0.5, 0.6) is 0 Å². The quantitative estimate of drug-likeness (QED) is 0.411. The van der Waals surface area contributed by atoms with E-state index in [-0.39, 0.29) is 6.10 Å². The SMILES string of the molecule is CC1OC(=O)C1O. The standard InChI is InChI=1S/C4H6O3/c1-2-3(5)4(6)7-2/h2-3,5H,1H3. The second-order valence-electron chi connectivity index (χ2n) is 1.59. The van der Waals surface area contributed by atoms with E-state index in [9.17, 15) is 4.79 Å². The molecule has 1 aliphatic heterocycles. The van der Waals surface area contributed by atoms with Crippen LogP contribution in [0.4, 0.5) is 0 Å². The normalized spacial score (nSPS) is 39.4. The van der Waals surface area contributed by atoms with Crippen LogP contribution in [0.2, 0.25) is 0 Å². The Bertz CT molecular complexity index is 99.1. The average Bonchev–Trinajstić information content (AvgIpc) is 1.68. The molecule has 7 heavy (non-hydrogen) atoms. The van der Waals surface area contributed by atoms with Crippen LogP contribution in [0.3, 0.4) is 0 Å². The fourth-order valence-electron chi connectivity index (χ4n) is 0.437. The number of esters is 1. The maximum absolute atomic E-state index is 9.97. The van der Waals surface area contributed by atoms with Gasteiger partial charge in [0.25, 0.3) is 0 Å². The number of cyclic esters (lactones) is 1. The lowest BCUT2D eigenvalue weighted by atomic mass is 10.1. The molecule has 1 fully saturated rings. The molecular formula is C4H6O3. The van der Waals surface area contributed by atoms with Crippen molar-refractivity contribution in [3.8, 4) is 0 Å². The van der Waals surface area contributed by atoms with Gasteiger partial charge in [0.05, 0.1) is 0 Å². The van der Waals surface area contributed by atoms with Gasteiger partial charge in [-0.2, -0.15) is 0 Å². The predicted molar refractivity (Wildman–Crippen MR) is 21.6 cm³/mol. The van der Waals surface area contributed by atoms with Gasteiger partial charge in [0.1, 0.15) is 6.10 Å². The molecule has 40 valence electrons. The van der Waals surface area contributed by atoms with Crippen molar-refractivity contribution in [1.82, 2.24) is 0 Å². The molecule has 3 heteroatoms. The molecular weight excluding hydrogens is 96.0 g/mol. The third kappa shape index (κ3) is 0.489. The summed E-state index contributed by atoms with van der Waals surface area (Å²) in [5.74, 6) is -0.507. The van der Waals surface area contributed by atoms with Crippen molar-refractivity contribution < 1.29 is 14.6 Å². The maximum atomic E-state index is 9.97. The molecule has 0 bridgehead atoms. The van der Waals surface area contributed by atoms with Gasteiger partial charge in [-0.15, -0.1) is 0 Å². The first-order chi connectivity index (χ1) is 3.22. The molecule has 1 rings (SSSR count). The van der Waals surface area contributed by atoms with Gasteiger partial charge < -0.3 is 9.84 Å². The molecule has 0 aromatic rings. The number of hydrogen-bond acceptors (Lipinski definition) is 3. The molecule has 3 nitrogen and oxygen atoms in total. The number of ether oxygens (including phenoxy) is 1. The van der Waals surface area contributed by atoms with Crippen LogP contribution in [-0.2, 0) is 9.53 Å². The predicted octanol–water partition coefficient (Wildman–Crippen LogP) is -0.707. The first kappa shape index (κ1) is 4.59. The van der Waals surface area contributed by atoms with Gasteiger partial charge in [0.15, 0.2) is 6.10 Å². The van der Waals surface area contributed by atoms with E-state index in [4.69, 9.17) is 5.11 Å². The van der Waals surface area contributed by atoms with E-state index in [2.05, 4.69) is 4.74 Å². The fraction of sp³-hybridized carbons (Fsp3) is 0.750. The highest BCUT2D eigenvalue weighted by Crippen LogP contribution is 2.11. The first-order valence-corrected chi connectivity index (χ1v) is 2.10. The number of carbonyl (C=O) groups excluding carboxylic acids is 1. The van der Waals surface area contributed by atoms with Crippen molar-refractivity contribution in [2.24, 2.45) is 0 Å². The second-order valence-corrected chi connectivity index (χ2v) is 1.59. The van der Waals surface area contributed by atoms with E-state index in [1.54, 1.807) is 6.92 Å². The van der Waals surface area contributed by atoms with E-state index in [1.807, 2.05) is 0 Å². The van der Waals surface area contributed by atoms with Crippen LogP contribution >= 0.6 is 0 Å². The molecule has 1 aliphatic rings. The minimum Gasteiger partial charge on any atom is -0.457 e. The highest BCUT2D eigenvalue weighted by atomic mass is 16.6. The van der Waals surface area contributed by atoms with Crippen molar-refractivity contribution in [2.45, 2.75) is 19.1 Å². The highest BCUT2D eigenvalue weighted by Gasteiger charge is 2.36.